The first-order valence-corrected chi connectivity index (χ1v) is 6.30. The number of aliphatic carboxylic acids is 1. The quantitative estimate of drug-likeness (QED) is 0.835. The number of aryl methyl sites for hydroxylation is 1. The molecule has 0 fully saturated rings. The van der Waals surface area contributed by atoms with Crippen molar-refractivity contribution in [1.82, 2.24) is 4.90 Å². The molecule has 1 unspecified atom stereocenters. The van der Waals surface area contributed by atoms with E-state index in [1.54, 1.807) is 31.9 Å². The zero-order valence-corrected chi connectivity index (χ0v) is 11.8. The lowest BCUT2D eigenvalue weighted by Gasteiger charge is -2.23. The van der Waals surface area contributed by atoms with Gasteiger partial charge >= 0.3 is 5.97 Å². The van der Waals surface area contributed by atoms with Gasteiger partial charge in [0.25, 0.3) is 0 Å². The van der Waals surface area contributed by atoms with E-state index in [4.69, 9.17) is 5.11 Å². The minimum atomic E-state index is -0.922. The number of benzene rings is 1. The molecule has 0 spiro atoms. The van der Waals surface area contributed by atoms with Crippen LogP contribution in [0.25, 0.3) is 0 Å². The van der Waals surface area contributed by atoms with Crippen LogP contribution < -0.4 is 5.32 Å². The van der Waals surface area contributed by atoms with Crippen LogP contribution in [0.1, 0.15) is 18.9 Å². The fourth-order valence-corrected chi connectivity index (χ4v) is 1.62. The molecule has 0 saturated carbocycles. The number of nitrogens with zero attached hydrogens (tertiary/aromatic N) is 1. The van der Waals surface area contributed by atoms with E-state index in [-0.39, 0.29) is 24.6 Å². The normalized spacial score (nSPS) is 12.2. The first kappa shape index (κ1) is 16.1. The summed E-state index contributed by atoms with van der Waals surface area (Å²) in [6.45, 7) is 3.65. The number of carbonyl (C=O) groups is 2. The topological polar surface area (TPSA) is 69.6 Å². The molecule has 0 heterocycles. The minimum absolute atomic E-state index is 0.0486. The number of halogens is 1. The van der Waals surface area contributed by atoms with Gasteiger partial charge in [0.05, 0.1) is 18.2 Å². The van der Waals surface area contributed by atoms with Crippen molar-refractivity contribution < 1.29 is 19.1 Å². The van der Waals surface area contributed by atoms with Gasteiger partial charge in [-0.15, -0.1) is 0 Å². The predicted octanol–water partition coefficient (Wildman–Crippen LogP) is 1.87. The lowest BCUT2D eigenvalue weighted by atomic mass is 10.2. The van der Waals surface area contributed by atoms with Crippen LogP contribution in [0.3, 0.4) is 0 Å². The summed E-state index contributed by atoms with van der Waals surface area (Å²) in [5.41, 5.74) is 0.895. The third-order valence-corrected chi connectivity index (χ3v) is 3.10. The van der Waals surface area contributed by atoms with E-state index >= 15 is 0 Å². The molecule has 0 aromatic heterocycles. The molecule has 110 valence electrons. The van der Waals surface area contributed by atoms with E-state index in [2.05, 4.69) is 5.32 Å². The van der Waals surface area contributed by atoms with Gasteiger partial charge in [0.15, 0.2) is 0 Å². The summed E-state index contributed by atoms with van der Waals surface area (Å²) < 4.78 is 13.6. The van der Waals surface area contributed by atoms with E-state index in [9.17, 15) is 14.0 Å². The van der Waals surface area contributed by atoms with Gasteiger partial charge in [0.1, 0.15) is 5.82 Å². The maximum atomic E-state index is 13.6. The summed E-state index contributed by atoms with van der Waals surface area (Å²) in [5, 5.41) is 11.1. The Kier molecular flexibility index (Phi) is 5.64. The molecule has 1 aromatic carbocycles. The highest BCUT2D eigenvalue weighted by Gasteiger charge is 2.19. The predicted molar refractivity (Wildman–Crippen MR) is 74.1 cm³/mol. The molecule has 1 aromatic rings. The number of carboxylic acids is 1. The van der Waals surface area contributed by atoms with E-state index in [0.717, 1.165) is 5.56 Å². The van der Waals surface area contributed by atoms with Crippen LogP contribution >= 0.6 is 0 Å². The monoisotopic (exact) mass is 282 g/mol. The van der Waals surface area contributed by atoms with Crippen LogP contribution in [0.15, 0.2) is 18.2 Å². The van der Waals surface area contributed by atoms with Crippen LogP contribution in [-0.2, 0) is 9.59 Å². The number of carboxylic acid groups (broad SMARTS) is 1. The molecular formula is C14H19FN2O3. The van der Waals surface area contributed by atoms with Crippen molar-refractivity contribution in [1.29, 1.82) is 0 Å². The lowest BCUT2D eigenvalue weighted by Crippen LogP contribution is -2.40. The maximum Gasteiger partial charge on any atom is 0.304 e. The summed E-state index contributed by atoms with van der Waals surface area (Å²) in [5.74, 6) is -1.78. The highest BCUT2D eigenvalue weighted by molar-refractivity contribution is 5.94. The third-order valence-electron chi connectivity index (χ3n) is 3.10. The largest absolute Gasteiger partial charge is 0.481 e. The van der Waals surface area contributed by atoms with Gasteiger partial charge in [-0.25, -0.2) is 4.39 Å². The van der Waals surface area contributed by atoms with Gasteiger partial charge in [-0.05, 0) is 38.6 Å². The zero-order valence-electron chi connectivity index (χ0n) is 11.8. The van der Waals surface area contributed by atoms with Gasteiger partial charge in [-0.2, -0.15) is 0 Å². The van der Waals surface area contributed by atoms with Crippen LogP contribution in [0.2, 0.25) is 0 Å². The standard InChI is InChI=1S/C14H19FN2O3/c1-9-4-5-12(11(15)8-9)16-14(20)10(2)17(3)7-6-13(18)19/h4-5,8,10H,6-7H2,1-3H3,(H,16,20)(H,18,19). The molecule has 5 nitrogen and oxygen atoms in total. The second-order valence-electron chi connectivity index (χ2n) is 4.77. The smallest absolute Gasteiger partial charge is 0.304 e. The molecule has 0 aliphatic carbocycles. The average Bonchev–Trinajstić information content (AvgIpc) is 2.38. The van der Waals surface area contributed by atoms with Crippen LogP contribution in [-0.4, -0.2) is 41.5 Å². The van der Waals surface area contributed by atoms with Crippen LogP contribution in [0, 0.1) is 12.7 Å². The first-order chi connectivity index (χ1) is 9.31. The lowest BCUT2D eigenvalue weighted by molar-refractivity contribution is -0.137. The van der Waals surface area contributed by atoms with E-state index in [0.29, 0.717) is 0 Å². The molecule has 1 amide bonds. The molecule has 20 heavy (non-hydrogen) atoms. The number of amides is 1. The number of likely N-dealkylation sites (N-methyl/N-ethyl adjacent to an activating group) is 1. The Labute approximate surface area is 117 Å². The highest BCUT2D eigenvalue weighted by Crippen LogP contribution is 2.16. The number of rotatable bonds is 6. The SMILES string of the molecule is Cc1ccc(NC(=O)C(C)N(C)CCC(=O)O)c(F)c1. The van der Waals surface area contributed by atoms with Crippen molar-refractivity contribution in [2.24, 2.45) is 0 Å². The number of hydrogen-bond acceptors (Lipinski definition) is 3. The summed E-state index contributed by atoms with van der Waals surface area (Å²) in [6, 6.07) is 4.01. The van der Waals surface area contributed by atoms with Crippen molar-refractivity contribution in [3.63, 3.8) is 0 Å². The van der Waals surface area contributed by atoms with Crippen molar-refractivity contribution in [2.45, 2.75) is 26.3 Å². The molecule has 0 saturated heterocycles. The van der Waals surface area contributed by atoms with Gasteiger partial charge in [-0.1, -0.05) is 6.07 Å². The maximum absolute atomic E-state index is 13.6. The summed E-state index contributed by atoms with van der Waals surface area (Å²) in [7, 11) is 1.65. The van der Waals surface area contributed by atoms with Crippen LogP contribution in [0.5, 0.6) is 0 Å². The number of carbonyl (C=O) groups excluding carboxylic acids is 1. The molecule has 0 radical (unpaired) electrons. The fourth-order valence-electron chi connectivity index (χ4n) is 1.62. The Hall–Kier alpha value is -1.95. The summed E-state index contributed by atoms with van der Waals surface area (Å²) in [6.07, 6.45) is -0.0486. The molecule has 0 aliphatic rings. The molecule has 1 rings (SSSR count). The molecule has 1 atom stereocenters. The Morgan fingerprint density at radius 1 is 1.45 bits per heavy atom. The van der Waals surface area contributed by atoms with Gasteiger partial charge < -0.3 is 10.4 Å². The van der Waals surface area contributed by atoms with E-state index in [1.807, 2.05) is 0 Å². The molecular weight excluding hydrogens is 263 g/mol. The second-order valence-corrected chi connectivity index (χ2v) is 4.77. The van der Waals surface area contributed by atoms with Gasteiger partial charge in [0.2, 0.25) is 5.91 Å². The highest BCUT2D eigenvalue weighted by atomic mass is 19.1. The third kappa shape index (κ3) is 4.62. The van der Waals surface area contributed by atoms with Gasteiger partial charge in [-0.3, -0.25) is 14.5 Å². The molecule has 0 bridgehead atoms. The second kappa shape index (κ2) is 7.00. The number of anilines is 1. The Morgan fingerprint density at radius 3 is 2.65 bits per heavy atom. The number of hydrogen-bond donors (Lipinski definition) is 2. The van der Waals surface area contributed by atoms with Crippen molar-refractivity contribution >= 4 is 17.6 Å². The molecule has 2 N–H and O–H groups in total. The Balaban J connectivity index is 2.63. The van der Waals surface area contributed by atoms with Crippen molar-refractivity contribution in [3.05, 3.63) is 29.6 Å². The van der Waals surface area contributed by atoms with Crippen molar-refractivity contribution in [3.8, 4) is 0 Å². The number of nitrogens with one attached hydrogen (secondary N) is 1. The van der Waals surface area contributed by atoms with E-state index in [1.165, 1.54) is 12.1 Å². The zero-order chi connectivity index (χ0) is 15.3. The molecule has 6 heteroatoms. The van der Waals surface area contributed by atoms with Crippen molar-refractivity contribution in [2.75, 3.05) is 18.9 Å². The Morgan fingerprint density at radius 2 is 2.10 bits per heavy atom. The Bertz CT molecular complexity index is 505. The summed E-state index contributed by atoms with van der Waals surface area (Å²) >= 11 is 0. The van der Waals surface area contributed by atoms with Gasteiger partial charge in [0, 0.05) is 6.54 Å². The summed E-state index contributed by atoms with van der Waals surface area (Å²) in [4.78, 5) is 24.1. The fraction of sp³-hybridized carbons (Fsp3) is 0.429. The van der Waals surface area contributed by atoms with E-state index < -0.39 is 17.8 Å². The first-order valence-electron chi connectivity index (χ1n) is 6.30. The molecule has 0 aliphatic heterocycles. The average molecular weight is 282 g/mol. The minimum Gasteiger partial charge on any atom is -0.481 e. The van der Waals surface area contributed by atoms with Crippen LogP contribution in [0.4, 0.5) is 10.1 Å².